The molecule has 0 atom stereocenters. The Kier molecular flexibility index (Phi) is 4.78. The minimum atomic E-state index is -3.77. The fraction of sp³-hybridized carbons (Fsp3) is 0.500. The molecule has 0 heterocycles. The first-order valence-corrected chi connectivity index (χ1v) is 7.28. The van der Waals surface area contributed by atoms with Gasteiger partial charge in [0.1, 0.15) is 10.6 Å². The zero-order chi connectivity index (χ0) is 14.7. The first kappa shape index (κ1) is 15.7. The topological polar surface area (TPSA) is 102 Å². The number of anilines is 1. The summed E-state index contributed by atoms with van der Waals surface area (Å²) in [5, 5.41) is 8.93. The number of benzene rings is 1. The van der Waals surface area contributed by atoms with Gasteiger partial charge in [0.25, 0.3) is 0 Å². The maximum absolute atomic E-state index is 12.3. The number of sulfonamides is 1. The Morgan fingerprint density at radius 1 is 1.42 bits per heavy atom. The molecule has 0 spiro atoms. The van der Waals surface area contributed by atoms with Crippen molar-refractivity contribution in [1.29, 1.82) is 0 Å². The zero-order valence-corrected chi connectivity index (χ0v) is 12.1. The average Bonchev–Trinajstić information content (AvgIpc) is 2.27. The number of nitrogens with two attached hydrogens (primary N) is 1. The maximum atomic E-state index is 12.3. The first-order chi connectivity index (χ1) is 8.72. The van der Waals surface area contributed by atoms with Crippen LogP contribution >= 0.6 is 0 Å². The Bertz CT molecular complexity index is 541. The summed E-state index contributed by atoms with van der Waals surface area (Å²) in [6.07, 6.45) is 0.302. The minimum absolute atomic E-state index is 0.0129. The van der Waals surface area contributed by atoms with Crippen LogP contribution in [0.25, 0.3) is 0 Å². The largest absolute Gasteiger partial charge is 0.495 e. The summed E-state index contributed by atoms with van der Waals surface area (Å²) >= 11 is 0. The molecular formula is C12H20N2O4S. The number of methoxy groups -OCH3 is 1. The maximum Gasteiger partial charge on any atom is 0.244 e. The van der Waals surface area contributed by atoms with Gasteiger partial charge in [-0.2, -0.15) is 0 Å². The highest BCUT2D eigenvalue weighted by Gasteiger charge is 2.28. The number of rotatable bonds is 6. The van der Waals surface area contributed by atoms with Crippen molar-refractivity contribution in [2.75, 3.05) is 19.5 Å². The van der Waals surface area contributed by atoms with Crippen molar-refractivity contribution in [3.8, 4) is 5.75 Å². The summed E-state index contributed by atoms with van der Waals surface area (Å²) in [5.41, 5.74) is 5.19. The van der Waals surface area contributed by atoms with E-state index < -0.39 is 15.6 Å². The monoisotopic (exact) mass is 288 g/mol. The van der Waals surface area contributed by atoms with Crippen LogP contribution in [0.5, 0.6) is 5.75 Å². The molecule has 0 aromatic heterocycles. The summed E-state index contributed by atoms with van der Waals surface area (Å²) in [6, 6.07) is 4.41. The van der Waals surface area contributed by atoms with Crippen LogP contribution in [0.15, 0.2) is 23.1 Å². The Morgan fingerprint density at radius 3 is 2.58 bits per heavy atom. The summed E-state index contributed by atoms with van der Waals surface area (Å²) in [4.78, 5) is -0.0129. The number of hydrogen-bond donors (Lipinski definition) is 3. The normalized spacial score (nSPS) is 12.4. The molecule has 0 aliphatic heterocycles. The fourth-order valence-electron chi connectivity index (χ4n) is 1.65. The van der Waals surface area contributed by atoms with Gasteiger partial charge in [-0.3, -0.25) is 0 Å². The minimum Gasteiger partial charge on any atom is -0.495 e. The van der Waals surface area contributed by atoms with Gasteiger partial charge in [0.05, 0.1) is 7.11 Å². The van der Waals surface area contributed by atoms with E-state index in [-0.39, 0.29) is 17.3 Å². The lowest BCUT2D eigenvalue weighted by Crippen LogP contribution is -2.44. The van der Waals surface area contributed by atoms with E-state index in [2.05, 4.69) is 4.72 Å². The molecule has 0 aliphatic carbocycles. The first-order valence-electron chi connectivity index (χ1n) is 5.80. The van der Waals surface area contributed by atoms with Crippen LogP contribution < -0.4 is 15.2 Å². The van der Waals surface area contributed by atoms with Gasteiger partial charge >= 0.3 is 0 Å². The lowest BCUT2D eigenvalue weighted by atomic mass is 10.0. The summed E-state index contributed by atoms with van der Waals surface area (Å²) < 4.78 is 32.2. The lowest BCUT2D eigenvalue weighted by Gasteiger charge is -2.25. The number of aliphatic hydroxyl groups excluding tert-OH is 1. The third-order valence-corrected chi connectivity index (χ3v) is 4.34. The highest BCUT2D eigenvalue weighted by molar-refractivity contribution is 7.89. The third kappa shape index (κ3) is 4.09. The van der Waals surface area contributed by atoms with Crippen LogP contribution in [-0.4, -0.2) is 32.8 Å². The summed E-state index contributed by atoms with van der Waals surface area (Å²) in [5.74, 6) is 0.224. The molecule has 0 saturated carbocycles. The number of nitrogens with one attached hydrogen (secondary N) is 1. The second-order valence-corrected chi connectivity index (χ2v) is 6.52. The molecule has 7 heteroatoms. The number of nitrogen functional groups attached to an aromatic ring is 1. The van der Waals surface area contributed by atoms with E-state index in [0.29, 0.717) is 12.1 Å². The van der Waals surface area contributed by atoms with E-state index in [1.807, 2.05) is 0 Å². The van der Waals surface area contributed by atoms with Gasteiger partial charge in [0.15, 0.2) is 0 Å². The van der Waals surface area contributed by atoms with Crippen molar-refractivity contribution in [3.63, 3.8) is 0 Å². The van der Waals surface area contributed by atoms with Crippen molar-refractivity contribution in [3.05, 3.63) is 18.2 Å². The van der Waals surface area contributed by atoms with E-state index >= 15 is 0 Å². The van der Waals surface area contributed by atoms with Gasteiger partial charge in [0.2, 0.25) is 10.0 Å². The van der Waals surface area contributed by atoms with Gasteiger partial charge in [0, 0.05) is 17.8 Å². The van der Waals surface area contributed by atoms with Crippen LogP contribution in [0.2, 0.25) is 0 Å². The molecule has 0 aliphatic rings. The van der Waals surface area contributed by atoms with Crippen LogP contribution in [0.1, 0.15) is 20.3 Å². The van der Waals surface area contributed by atoms with Crippen LogP contribution in [0.3, 0.4) is 0 Å². The molecule has 0 radical (unpaired) electrons. The summed E-state index contributed by atoms with van der Waals surface area (Å²) in [7, 11) is -2.38. The van der Waals surface area contributed by atoms with E-state index in [9.17, 15) is 8.42 Å². The predicted octanol–water partition coefficient (Wildman–Crippen LogP) is 0.717. The molecule has 1 rings (SSSR count). The quantitative estimate of drug-likeness (QED) is 0.669. The van der Waals surface area contributed by atoms with Crippen molar-refractivity contribution in [2.45, 2.75) is 30.7 Å². The van der Waals surface area contributed by atoms with Gasteiger partial charge in [-0.05, 0) is 38.5 Å². The van der Waals surface area contributed by atoms with Crippen LogP contribution in [-0.2, 0) is 10.0 Å². The standard InChI is InChI=1S/C12H20N2O4S/c1-12(2,6-7-15)14-19(16,17)11-8-9(13)4-5-10(11)18-3/h4-5,8,14-15H,6-7,13H2,1-3H3. The highest BCUT2D eigenvalue weighted by Crippen LogP contribution is 2.27. The molecule has 0 bridgehead atoms. The van der Waals surface area contributed by atoms with Crippen LogP contribution in [0.4, 0.5) is 5.69 Å². The molecule has 19 heavy (non-hydrogen) atoms. The molecule has 0 amide bonds. The van der Waals surface area contributed by atoms with Crippen molar-refractivity contribution in [1.82, 2.24) is 4.72 Å². The molecular weight excluding hydrogens is 268 g/mol. The predicted molar refractivity (Wildman–Crippen MR) is 73.5 cm³/mol. The number of hydrogen-bond acceptors (Lipinski definition) is 5. The summed E-state index contributed by atoms with van der Waals surface area (Å²) in [6.45, 7) is 3.28. The van der Waals surface area contributed by atoms with Gasteiger partial charge in [-0.15, -0.1) is 0 Å². The SMILES string of the molecule is COc1ccc(N)cc1S(=O)(=O)NC(C)(C)CCO. The molecule has 0 unspecified atom stereocenters. The fourth-order valence-corrected chi connectivity index (χ4v) is 3.30. The lowest BCUT2D eigenvalue weighted by molar-refractivity contribution is 0.245. The Morgan fingerprint density at radius 2 is 2.05 bits per heavy atom. The second-order valence-electron chi connectivity index (χ2n) is 4.87. The van der Waals surface area contributed by atoms with Gasteiger partial charge in [-0.25, -0.2) is 13.1 Å². The van der Waals surface area contributed by atoms with Gasteiger partial charge < -0.3 is 15.6 Å². The van der Waals surface area contributed by atoms with Crippen molar-refractivity contribution in [2.24, 2.45) is 0 Å². The zero-order valence-electron chi connectivity index (χ0n) is 11.3. The third-order valence-electron chi connectivity index (χ3n) is 2.62. The van der Waals surface area contributed by atoms with E-state index in [0.717, 1.165) is 0 Å². The number of ether oxygens (including phenoxy) is 1. The Hall–Kier alpha value is -1.31. The molecule has 1 aromatic carbocycles. The Balaban J connectivity index is 3.17. The molecule has 0 saturated heterocycles. The Labute approximate surface area is 113 Å². The highest BCUT2D eigenvalue weighted by atomic mass is 32.2. The van der Waals surface area contributed by atoms with E-state index in [1.54, 1.807) is 19.9 Å². The van der Waals surface area contributed by atoms with Crippen molar-refractivity contribution >= 4 is 15.7 Å². The average molecular weight is 288 g/mol. The number of aliphatic hydroxyl groups is 1. The molecule has 108 valence electrons. The second kappa shape index (κ2) is 5.77. The van der Waals surface area contributed by atoms with Crippen molar-refractivity contribution < 1.29 is 18.3 Å². The molecule has 0 fully saturated rings. The molecule has 4 N–H and O–H groups in total. The van der Waals surface area contributed by atoms with E-state index in [1.165, 1.54) is 19.2 Å². The van der Waals surface area contributed by atoms with E-state index in [4.69, 9.17) is 15.6 Å². The van der Waals surface area contributed by atoms with Crippen LogP contribution in [0, 0.1) is 0 Å². The van der Waals surface area contributed by atoms with Gasteiger partial charge in [-0.1, -0.05) is 0 Å². The smallest absolute Gasteiger partial charge is 0.244 e. The molecule has 6 nitrogen and oxygen atoms in total. The molecule has 1 aromatic rings.